The molecule has 0 amide bonds. The second-order valence-electron chi connectivity index (χ2n) is 4.96. The van der Waals surface area contributed by atoms with Crippen molar-refractivity contribution in [1.29, 1.82) is 0 Å². The number of nitrogens with zero attached hydrogens (tertiary/aromatic N) is 3. The fraction of sp³-hybridized carbons (Fsp3) is 0.400. The first-order valence-electron chi connectivity index (χ1n) is 6.66. The van der Waals surface area contributed by atoms with E-state index >= 15 is 0 Å². The van der Waals surface area contributed by atoms with Gasteiger partial charge in [-0.15, -0.1) is 0 Å². The Morgan fingerprint density at radius 2 is 2.05 bits per heavy atom. The number of methoxy groups -OCH3 is 1. The molecular formula is C15H22N4O. The van der Waals surface area contributed by atoms with Crippen LogP contribution in [0.1, 0.15) is 17.2 Å². The van der Waals surface area contributed by atoms with Crippen molar-refractivity contribution in [3.8, 4) is 5.75 Å². The number of aromatic nitrogens is 2. The smallest absolute Gasteiger partial charge is 0.118 e. The summed E-state index contributed by atoms with van der Waals surface area (Å²) >= 11 is 0. The lowest BCUT2D eigenvalue weighted by atomic mass is 10.1. The maximum absolute atomic E-state index is 5.94. The Balaban J connectivity index is 2.09. The van der Waals surface area contributed by atoms with Crippen molar-refractivity contribution in [2.45, 2.75) is 12.6 Å². The first kappa shape index (κ1) is 14.6. The molecule has 20 heavy (non-hydrogen) atoms. The molecule has 1 aromatic heterocycles. The van der Waals surface area contributed by atoms with Crippen LogP contribution in [-0.2, 0) is 13.6 Å². The maximum Gasteiger partial charge on any atom is 0.118 e. The zero-order valence-electron chi connectivity index (χ0n) is 12.3. The van der Waals surface area contributed by atoms with Crippen LogP contribution in [0.15, 0.2) is 36.7 Å². The molecule has 108 valence electrons. The summed E-state index contributed by atoms with van der Waals surface area (Å²) in [6.45, 7) is 1.39. The van der Waals surface area contributed by atoms with Gasteiger partial charge in [0.1, 0.15) is 5.75 Å². The Morgan fingerprint density at radius 3 is 2.55 bits per heavy atom. The largest absolute Gasteiger partial charge is 0.497 e. The SMILES string of the molecule is COc1ccc(C(CN)N(C)Cc2cnn(C)c2)cc1. The van der Waals surface area contributed by atoms with Gasteiger partial charge >= 0.3 is 0 Å². The summed E-state index contributed by atoms with van der Waals surface area (Å²) in [5.74, 6) is 0.861. The topological polar surface area (TPSA) is 56.3 Å². The molecule has 0 aliphatic heterocycles. The van der Waals surface area contributed by atoms with Crippen LogP contribution in [0.4, 0.5) is 0 Å². The zero-order chi connectivity index (χ0) is 14.5. The summed E-state index contributed by atoms with van der Waals surface area (Å²) in [6, 6.07) is 8.25. The minimum Gasteiger partial charge on any atom is -0.497 e. The van der Waals surface area contributed by atoms with Crippen LogP contribution in [0.2, 0.25) is 0 Å². The molecule has 5 heteroatoms. The van der Waals surface area contributed by atoms with Crippen LogP contribution in [0.5, 0.6) is 5.75 Å². The van der Waals surface area contributed by atoms with Gasteiger partial charge in [-0.25, -0.2) is 0 Å². The molecular weight excluding hydrogens is 252 g/mol. The Bertz CT molecular complexity index is 535. The van der Waals surface area contributed by atoms with Crippen LogP contribution >= 0.6 is 0 Å². The molecule has 0 saturated heterocycles. The van der Waals surface area contributed by atoms with E-state index in [-0.39, 0.29) is 6.04 Å². The Kier molecular flexibility index (Phi) is 4.76. The van der Waals surface area contributed by atoms with Gasteiger partial charge in [0.25, 0.3) is 0 Å². The molecule has 1 aromatic carbocycles. The highest BCUT2D eigenvalue weighted by atomic mass is 16.5. The number of benzene rings is 1. The van der Waals surface area contributed by atoms with E-state index in [0.29, 0.717) is 6.54 Å². The van der Waals surface area contributed by atoms with Gasteiger partial charge < -0.3 is 10.5 Å². The van der Waals surface area contributed by atoms with Crippen molar-refractivity contribution >= 4 is 0 Å². The predicted molar refractivity (Wildman–Crippen MR) is 79.5 cm³/mol. The Labute approximate surface area is 119 Å². The third-order valence-corrected chi connectivity index (χ3v) is 3.45. The molecule has 0 aliphatic carbocycles. The molecule has 1 unspecified atom stereocenters. The average Bonchev–Trinajstić information content (AvgIpc) is 2.85. The lowest BCUT2D eigenvalue weighted by Crippen LogP contribution is -2.30. The number of aryl methyl sites for hydroxylation is 1. The molecule has 5 nitrogen and oxygen atoms in total. The van der Waals surface area contributed by atoms with E-state index in [0.717, 1.165) is 12.3 Å². The highest BCUT2D eigenvalue weighted by Gasteiger charge is 2.16. The van der Waals surface area contributed by atoms with Crippen molar-refractivity contribution in [1.82, 2.24) is 14.7 Å². The third kappa shape index (κ3) is 3.37. The molecule has 1 heterocycles. The lowest BCUT2D eigenvalue weighted by molar-refractivity contribution is 0.241. The van der Waals surface area contributed by atoms with Crippen molar-refractivity contribution < 1.29 is 4.74 Å². The van der Waals surface area contributed by atoms with E-state index in [1.807, 2.05) is 36.3 Å². The van der Waals surface area contributed by atoms with Crippen molar-refractivity contribution in [3.05, 3.63) is 47.8 Å². The Hall–Kier alpha value is -1.85. The predicted octanol–water partition coefficient (Wildman–Crippen LogP) is 1.56. The minimum atomic E-state index is 0.182. The molecule has 0 radical (unpaired) electrons. The van der Waals surface area contributed by atoms with Gasteiger partial charge in [-0.2, -0.15) is 5.10 Å². The standard InChI is InChI=1S/C15H22N4O/c1-18(10-12-9-17-19(2)11-12)15(8-16)13-4-6-14(20-3)7-5-13/h4-7,9,11,15H,8,10,16H2,1-3H3. The van der Waals surface area contributed by atoms with E-state index in [1.165, 1.54) is 11.1 Å². The number of hydrogen-bond acceptors (Lipinski definition) is 4. The second kappa shape index (κ2) is 6.54. The number of ether oxygens (including phenoxy) is 1. The second-order valence-corrected chi connectivity index (χ2v) is 4.96. The van der Waals surface area contributed by atoms with E-state index in [2.05, 4.69) is 29.2 Å². The fourth-order valence-electron chi connectivity index (χ4n) is 2.35. The number of likely N-dealkylation sites (N-methyl/N-ethyl adjacent to an activating group) is 1. The summed E-state index contributed by atoms with van der Waals surface area (Å²) in [6.07, 6.45) is 3.91. The summed E-state index contributed by atoms with van der Waals surface area (Å²) < 4.78 is 7.00. The van der Waals surface area contributed by atoms with Crippen LogP contribution < -0.4 is 10.5 Å². The highest BCUT2D eigenvalue weighted by Crippen LogP contribution is 2.22. The highest BCUT2D eigenvalue weighted by molar-refractivity contribution is 5.29. The number of rotatable bonds is 6. The van der Waals surface area contributed by atoms with Gasteiger partial charge in [0, 0.05) is 37.9 Å². The van der Waals surface area contributed by atoms with Gasteiger partial charge in [0.05, 0.1) is 13.3 Å². The zero-order valence-corrected chi connectivity index (χ0v) is 12.3. The summed E-state index contributed by atoms with van der Waals surface area (Å²) in [7, 11) is 5.67. The summed E-state index contributed by atoms with van der Waals surface area (Å²) in [4.78, 5) is 2.23. The van der Waals surface area contributed by atoms with E-state index in [1.54, 1.807) is 7.11 Å². The molecule has 2 aromatic rings. The van der Waals surface area contributed by atoms with E-state index in [4.69, 9.17) is 10.5 Å². The van der Waals surface area contributed by atoms with Crippen molar-refractivity contribution in [3.63, 3.8) is 0 Å². The Morgan fingerprint density at radius 1 is 1.35 bits per heavy atom. The first-order valence-corrected chi connectivity index (χ1v) is 6.66. The third-order valence-electron chi connectivity index (χ3n) is 3.45. The maximum atomic E-state index is 5.94. The molecule has 0 saturated carbocycles. The lowest BCUT2D eigenvalue weighted by Gasteiger charge is -2.27. The van der Waals surface area contributed by atoms with Gasteiger partial charge in [0.15, 0.2) is 0 Å². The minimum absolute atomic E-state index is 0.182. The molecule has 0 aliphatic rings. The van der Waals surface area contributed by atoms with Crippen LogP contribution in [-0.4, -0.2) is 35.4 Å². The quantitative estimate of drug-likeness (QED) is 0.868. The van der Waals surface area contributed by atoms with Gasteiger partial charge in [-0.05, 0) is 24.7 Å². The van der Waals surface area contributed by atoms with Gasteiger partial charge in [0.2, 0.25) is 0 Å². The van der Waals surface area contributed by atoms with Gasteiger partial charge in [-0.1, -0.05) is 12.1 Å². The number of hydrogen-bond donors (Lipinski definition) is 1. The van der Waals surface area contributed by atoms with E-state index < -0.39 is 0 Å². The summed E-state index contributed by atoms with van der Waals surface area (Å²) in [5.41, 5.74) is 8.32. The molecule has 0 spiro atoms. The molecule has 0 bridgehead atoms. The summed E-state index contributed by atoms with van der Waals surface area (Å²) in [5, 5.41) is 4.19. The average molecular weight is 274 g/mol. The molecule has 0 fully saturated rings. The molecule has 2 rings (SSSR count). The normalized spacial score (nSPS) is 12.7. The molecule has 2 N–H and O–H groups in total. The first-order chi connectivity index (χ1) is 9.63. The monoisotopic (exact) mass is 274 g/mol. The van der Waals surface area contributed by atoms with Crippen molar-refractivity contribution in [2.24, 2.45) is 12.8 Å². The van der Waals surface area contributed by atoms with E-state index in [9.17, 15) is 0 Å². The van der Waals surface area contributed by atoms with Crippen LogP contribution in [0, 0.1) is 0 Å². The van der Waals surface area contributed by atoms with Crippen molar-refractivity contribution in [2.75, 3.05) is 20.7 Å². The van der Waals surface area contributed by atoms with Crippen LogP contribution in [0.25, 0.3) is 0 Å². The fourth-order valence-corrected chi connectivity index (χ4v) is 2.35. The number of nitrogens with two attached hydrogens (primary N) is 1. The van der Waals surface area contributed by atoms with Crippen LogP contribution in [0.3, 0.4) is 0 Å². The molecule has 1 atom stereocenters. The van der Waals surface area contributed by atoms with Gasteiger partial charge in [-0.3, -0.25) is 9.58 Å².